The van der Waals surface area contributed by atoms with E-state index in [9.17, 15) is 18.0 Å². The van der Waals surface area contributed by atoms with Crippen molar-refractivity contribution in [2.24, 2.45) is 0 Å². The van der Waals surface area contributed by atoms with Crippen molar-refractivity contribution >= 4 is 27.6 Å². The third-order valence-electron chi connectivity index (χ3n) is 6.22. The van der Waals surface area contributed by atoms with Crippen molar-refractivity contribution in [1.29, 1.82) is 0 Å². The summed E-state index contributed by atoms with van der Waals surface area (Å²) in [5, 5.41) is 2.80. The third-order valence-corrected chi connectivity index (χ3v) is 8.13. The van der Waals surface area contributed by atoms with E-state index in [1.54, 1.807) is 42.5 Å². The van der Waals surface area contributed by atoms with Gasteiger partial charge in [-0.15, -0.1) is 0 Å². The molecule has 1 aliphatic rings. The topological polar surface area (TPSA) is 102 Å². The average Bonchev–Trinajstić information content (AvgIpc) is 2.92. The predicted octanol–water partition coefficient (Wildman–Crippen LogP) is 4.72. The van der Waals surface area contributed by atoms with Crippen LogP contribution < -0.4 is 10.1 Å². The molecule has 194 valence electrons. The summed E-state index contributed by atoms with van der Waals surface area (Å²) in [5.41, 5.74) is 2.00. The van der Waals surface area contributed by atoms with Gasteiger partial charge in [-0.1, -0.05) is 42.8 Å². The van der Waals surface area contributed by atoms with E-state index in [0.717, 1.165) is 24.8 Å². The van der Waals surface area contributed by atoms with Gasteiger partial charge in [0.05, 0.1) is 23.3 Å². The van der Waals surface area contributed by atoms with Gasteiger partial charge >= 0.3 is 5.97 Å². The highest BCUT2D eigenvalue weighted by atomic mass is 32.2. The highest BCUT2D eigenvalue weighted by Gasteiger charge is 2.28. The second-order valence-electron chi connectivity index (χ2n) is 8.88. The van der Waals surface area contributed by atoms with E-state index in [1.165, 1.54) is 35.7 Å². The fraction of sp³-hybridized carbons (Fsp3) is 0.286. The van der Waals surface area contributed by atoms with Gasteiger partial charge in [-0.3, -0.25) is 4.79 Å². The molecule has 4 rings (SSSR count). The number of rotatable bonds is 8. The van der Waals surface area contributed by atoms with Crippen molar-refractivity contribution in [1.82, 2.24) is 4.31 Å². The third kappa shape index (κ3) is 6.18. The van der Waals surface area contributed by atoms with Crippen LogP contribution >= 0.6 is 0 Å². The summed E-state index contributed by atoms with van der Waals surface area (Å²) in [6.07, 6.45) is 1.45. The van der Waals surface area contributed by atoms with Crippen LogP contribution in [0.25, 0.3) is 0 Å². The summed E-state index contributed by atoms with van der Waals surface area (Å²) in [6.45, 7) is 2.87. The van der Waals surface area contributed by atoms with Crippen molar-refractivity contribution < 1.29 is 27.5 Å². The Bertz CT molecular complexity index is 1350. The van der Waals surface area contributed by atoms with Crippen LogP contribution in [0.2, 0.25) is 0 Å². The monoisotopic (exact) mass is 522 g/mol. The number of hydrogen-bond donors (Lipinski definition) is 1. The Balaban J connectivity index is 1.54. The van der Waals surface area contributed by atoms with E-state index in [2.05, 4.69) is 5.32 Å². The molecule has 3 aromatic rings. The molecule has 0 aromatic heterocycles. The molecule has 0 aliphatic carbocycles. The molecular weight excluding hydrogens is 492 g/mol. The molecule has 1 heterocycles. The van der Waals surface area contributed by atoms with Crippen LogP contribution in [0.4, 0.5) is 5.69 Å². The SMILES string of the molecule is COc1ccc(C)cc1NC(=O)[C@H](OC(=O)c1ccc(S(=O)(=O)N2CCCCC2)cc1)c1ccccc1. The van der Waals surface area contributed by atoms with Crippen molar-refractivity contribution in [2.45, 2.75) is 37.2 Å². The first-order chi connectivity index (χ1) is 17.8. The van der Waals surface area contributed by atoms with Crippen molar-refractivity contribution in [3.8, 4) is 5.75 Å². The van der Waals surface area contributed by atoms with Gasteiger partial charge in [0.15, 0.2) is 0 Å². The number of carbonyl (C=O) groups excluding carboxylic acids is 2. The lowest BCUT2D eigenvalue weighted by Gasteiger charge is -2.25. The molecule has 37 heavy (non-hydrogen) atoms. The summed E-state index contributed by atoms with van der Waals surface area (Å²) in [4.78, 5) is 26.4. The molecule has 0 bridgehead atoms. The number of piperidine rings is 1. The second kappa shape index (κ2) is 11.6. The quantitative estimate of drug-likeness (QED) is 0.430. The lowest BCUT2D eigenvalue weighted by molar-refractivity contribution is -0.125. The molecule has 9 heteroatoms. The fourth-order valence-electron chi connectivity index (χ4n) is 4.21. The van der Waals surface area contributed by atoms with Crippen LogP contribution in [-0.2, 0) is 19.6 Å². The Morgan fingerprint density at radius 2 is 1.59 bits per heavy atom. The number of nitrogens with zero attached hydrogens (tertiary/aromatic N) is 1. The van der Waals surface area contributed by atoms with Crippen LogP contribution in [0.3, 0.4) is 0 Å². The maximum absolute atomic E-state index is 13.3. The highest BCUT2D eigenvalue weighted by Crippen LogP contribution is 2.28. The molecular formula is C28H30N2O6S. The van der Waals surface area contributed by atoms with Gasteiger partial charge in [-0.25, -0.2) is 13.2 Å². The van der Waals surface area contributed by atoms with Gasteiger partial charge in [0.1, 0.15) is 5.75 Å². The summed E-state index contributed by atoms with van der Waals surface area (Å²) in [7, 11) is -2.12. The first-order valence-corrected chi connectivity index (χ1v) is 13.6. The van der Waals surface area contributed by atoms with Gasteiger partial charge in [-0.2, -0.15) is 4.31 Å². The first-order valence-electron chi connectivity index (χ1n) is 12.1. The van der Waals surface area contributed by atoms with Crippen LogP contribution in [0.1, 0.15) is 46.9 Å². The Kier molecular flexibility index (Phi) is 8.25. The lowest BCUT2D eigenvalue weighted by Crippen LogP contribution is -2.35. The van der Waals surface area contributed by atoms with Gasteiger partial charge in [-0.05, 0) is 61.7 Å². The minimum Gasteiger partial charge on any atom is -0.495 e. The maximum Gasteiger partial charge on any atom is 0.339 e. The number of ether oxygens (including phenoxy) is 2. The highest BCUT2D eigenvalue weighted by molar-refractivity contribution is 7.89. The van der Waals surface area contributed by atoms with Gasteiger partial charge in [0.25, 0.3) is 5.91 Å². The number of benzene rings is 3. The molecule has 0 spiro atoms. The van der Waals surface area contributed by atoms with Crippen molar-refractivity contribution in [2.75, 3.05) is 25.5 Å². The zero-order valence-electron chi connectivity index (χ0n) is 20.8. The summed E-state index contributed by atoms with van der Waals surface area (Å²) < 4.78 is 38.3. The van der Waals surface area contributed by atoms with Crippen LogP contribution in [0.15, 0.2) is 77.7 Å². The Hall–Kier alpha value is -3.69. The first kappa shape index (κ1) is 26.4. The predicted molar refractivity (Wildman–Crippen MR) is 140 cm³/mol. The smallest absolute Gasteiger partial charge is 0.339 e. The molecule has 0 unspecified atom stereocenters. The molecule has 1 amide bonds. The molecule has 0 radical (unpaired) electrons. The van der Waals surface area contributed by atoms with E-state index >= 15 is 0 Å². The molecule has 8 nitrogen and oxygen atoms in total. The lowest BCUT2D eigenvalue weighted by atomic mass is 10.1. The zero-order valence-corrected chi connectivity index (χ0v) is 21.7. The summed E-state index contributed by atoms with van der Waals surface area (Å²) >= 11 is 0. The van der Waals surface area contributed by atoms with Crippen molar-refractivity contribution in [3.63, 3.8) is 0 Å². The largest absolute Gasteiger partial charge is 0.495 e. The molecule has 3 aromatic carbocycles. The van der Waals surface area contributed by atoms with E-state index in [-0.39, 0.29) is 10.5 Å². The summed E-state index contributed by atoms with van der Waals surface area (Å²) in [5.74, 6) is -0.822. The van der Waals surface area contributed by atoms with E-state index in [1.807, 2.05) is 13.0 Å². The zero-order chi connectivity index (χ0) is 26.4. The van der Waals surface area contributed by atoms with Gasteiger partial charge < -0.3 is 14.8 Å². The van der Waals surface area contributed by atoms with Gasteiger partial charge in [0.2, 0.25) is 16.1 Å². The number of methoxy groups -OCH3 is 1. The number of esters is 1. The molecule has 1 saturated heterocycles. The van der Waals surface area contributed by atoms with Gasteiger partial charge in [0, 0.05) is 18.7 Å². The molecule has 0 saturated carbocycles. The Labute approximate surface area is 217 Å². The number of amides is 1. The number of carbonyl (C=O) groups is 2. The molecule has 1 aliphatic heterocycles. The standard InChI is InChI=1S/C28H30N2O6S/c1-20-11-16-25(35-2)24(19-20)29-27(31)26(21-9-5-3-6-10-21)36-28(32)22-12-14-23(15-13-22)37(33,34)30-17-7-4-8-18-30/h3,5-6,9-16,19,26H,4,7-8,17-18H2,1-2H3,(H,29,31)/t26-/m1/s1. The van der Waals surface area contributed by atoms with E-state index in [0.29, 0.717) is 30.1 Å². The Morgan fingerprint density at radius 3 is 2.24 bits per heavy atom. The van der Waals surface area contributed by atoms with E-state index in [4.69, 9.17) is 9.47 Å². The molecule has 1 N–H and O–H groups in total. The van der Waals surface area contributed by atoms with E-state index < -0.39 is 28.0 Å². The number of anilines is 1. The minimum atomic E-state index is -3.62. The van der Waals surface area contributed by atoms with Crippen LogP contribution in [-0.4, -0.2) is 44.8 Å². The maximum atomic E-state index is 13.3. The Morgan fingerprint density at radius 1 is 0.919 bits per heavy atom. The second-order valence-corrected chi connectivity index (χ2v) is 10.8. The van der Waals surface area contributed by atoms with Crippen LogP contribution in [0.5, 0.6) is 5.75 Å². The normalized spacial score (nSPS) is 15.0. The molecule has 1 fully saturated rings. The molecule has 1 atom stereocenters. The minimum absolute atomic E-state index is 0.120. The van der Waals surface area contributed by atoms with Crippen molar-refractivity contribution in [3.05, 3.63) is 89.5 Å². The number of aryl methyl sites for hydroxylation is 1. The number of hydrogen-bond acceptors (Lipinski definition) is 6. The van der Waals surface area contributed by atoms with Crippen LogP contribution in [0, 0.1) is 6.92 Å². The number of nitrogens with one attached hydrogen (secondary N) is 1. The summed E-state index contributed by atoms with van der Waals surface area (Å²) in [6, 6.07) is 19.7. The average molecular weight is 523 g/mol. The fourth-order valence-corrected chi connectivity index (χ4v) is 5.73. The number of sulfonamides is 1.